The Morgan fingerprint density at radius 1 is 0.972 bits per heavy atom. The fourth-order valence-electron chi connectivity index (χ4n) is 4.66. The minimum atomic E-state index is -0.637. The van der Waals surface area contributed by atoms with Crippen LogP contribution in [0.25, 0.3) is 22.3 Å². The van der Waals surface area contributed by atoms with E-state index in [1.54, 1.807) is 6.07 Å². The lowest BCUT2D eigenvalue weighted by molar-refractivity contribution is 0.148. The number of aryl methyl sites for hydroxylation is 1. The molecule has 0 saturated carbocycles. The first-order valence-corrected chi connectivity index (χ1v) is 12.1. The third-order valence-electron chi connectivity index (χ3n) is 6.53. The van der Waals surface area contributed by atoms with Crippen LogP contribution in [0.5, 0.6) is 0 Å². The van der Waals surface area contributed by atoms with Gasteiger partial charge >= 0.3 is 0 Å². The van der Waals surface area contributed by atoms with E-state index in [0.717, 1.165) is 44.5 Å². The summed E-state index contributed by atoms with van der Waals surface area (Å²) in [6, 6.07) is 6.92. The van der Waals surface area contributed by atoms with Crippen LogP contribution in [0.15, 0.2) is 36.7 Å². The molecule has 8 nitrogen and oxygen atoms in total. The van der Waals surface area contributed by atoms with Gasteiger partial charge in [-0.2, -0.15) is 0 Å². The van der Waals surface area contributed by atoms with Crippen LogP contribution in [0, 0.1) is 18.6 Å². The number of likely N-dealkylation sites (N-methyl/N-ethyl adjacent to an activating group) is 1. The van der Waals surface area contributed by atoms with E-state index in [1.807, 2.05) is 43.7 Å². The van der Waals surface area contributed by atoms with Gasteiger partial charge < -0.3 is 14.8 Å². The molecule has 0 bridgehead atoms. The molecule has 0 aliphatic carbocycles. The number of halogens is 2. The molecule has 1 aromatic carbocycles. The number of hydrogen-bond donors (Lipinski definition) is 1. The highest BCUT2D eigenvalue weighted by Crippen LogP contribution is 2.30. The van der Waals surface area contributed by atoms with Gasteiger partial charge in [-0.25, -0.2) is 28.7 Å². The fraction of sp³-hybridized carbons (Fsp3) is 0.385. The molecule has 4 aromatic rings. The van der Waals surface area contributed by atoms with Gasteiger partial charge in [-0.1, -0.05) is 6.07 Å². The number of imidazole rings is 1. The maximum atomic E-state index is 14.9. The maximum Gasteiger partial charge on any atom is 0.229 e. The monoisotopic (exact) mass is 492 g/mol. The van der Waals surface area contributed by atoms with Crippen molar-refractivity contribution in [1.29, 1.82) is 0 Å². The summed E-state index contributed by atoms with van der Waals surface area (Å²) in [5, 5.41) is 3.03. The van der Waals surface area contributed by atoms with E-state index in [9.17, 15) is 8.78 Å². The van der Waals surface area contributed by atoms with Crippen LogP contribution >= 0.6 is 0 Å². The molecule has 188 valence electrons. The zero-order valence-electron chi connectivity index (χ0n) is 21.0. The largest absolute Gasteiger partial charge is 0.326 e. The lowest BCUT2D eigenvalue weighted by Crippen LogP contribution is -2.43. The molecular formula is C26H30F2N8. The van der Waals surface area contributed by atoms with Crippen molar-refractivity contribution in [2.45, 2.75) is 33.4 Å². The molecule has 1 N–H and O–H groups in total. The Morgan fingerprint density at radius 2 is 1.75 bits per heavy atom. The first kappa shape index (κ1) is 24.2. The van der Waals surface area contributed by atoms with E-state index in [0.29, 0.717) is 22.7 Å². The number of benzene rings is 1. The summed E-state index contributed by atoms with van der Waals surface area (Å²) in [4.78, 5) is 22.0. The molecule has 0 spiro atoms. The molecule has 36 heavy (non-hydrogen) atoms. The predicted octanol–water partition coefficient (Wildman–Crippen LogP) is 4.55. The van der Waals surface area contributed by atoms with Crippen molar-refractivity contribution in [2.24, 2.45) is 0 Å². The highest BCUT2D eigenvalue weighted by Gasteiger charge is 2.19. The normalized spacial score (nSPS) is 15.2. The molecule has 1 fully saturated rings. The van der Waals surface area contributed by atoms with Crippen LogP contribution in [0.4, 0.5) is 20.5 Å². The van der Waals surface area contributed by atoms with Crippen LogP contribution in [-0.2, 0) is 6.54 Å². The van der Waals surface area contributed by atoms with Gasteiger partial charge in [0.15, 0.2) is 11.6 Å². The van der Waals surface area contributed by atoms with Crippen molar-refractivity contribution in [1.82, 2.24) is 34.3 Å². The number of fused-ring (bicyclic) bond motifs is 1. The van der Waals surface area contributed by atoms with Crippen molar-refractivity contribution in [3.63, 3.8) is 0 Å². The van der Waals surface area contributed by atoms with Gasteiger partial charge in [0.05, 0.1) is 11.7 Å². The minimum absolute atomic E-state index is 0.00847. The second-order valence-corrected chi connectivity index (χ2v) is 9.59. The summed E-state index contributed by atoms with van der Waals surface area (Å²) in [5.41, 5.74) is 2.31. The van der Waals surface area contributed by atoms with Crippen LogP contribution in [0.2, 0.25) is 0 Å². The van der Waals surface area contributed by atoms with E-state index >= 15 is 0 Å². The quantitative estimate of drug-likeness (QED) is 0.423. The topological polar surface area (TPSA) is 75.0 Å². The average molecular weight is 493 g/mol. The molecule has 0 unspecified atom stereocenters. The molecule has 1 saturated heterocycles. The zero-order valence-corrected chi connectivity index (χ0v) is 21.0. The van der Waals surface area contributed by atoms with E-state index < -0.39 is 11.6 Å². The maximum absolute atomic E-state index is 14.9. The zero-order chi connectivity index (χ0) is 25.4. The Kier molecular flexibility index (Phi) is 6.63. The second kappa shape index (κ2) is 9.87. The summed E-state index contributed by atoms with van der Waals surface area (Å²) in [7, 11) is 2.14. The molecule has 0 amide bonds. The van der Waals surface area contributed by atoms with Crippen LogP contribution in [0.3, 0.4) is 0 Å². The number of pyridine rings is 1. The lowest BCUT2D eigenvalue weighted by Gasteiger charge is -2.32. The Morgan fingerprint density at radius 3 is 2.44 bits per heavy atom. The molecule has 1 aliphatic heterocycles. The molecule has 5 rings (SSSR count). The molecule has 3 aromatic heterocycles. The standard InChI is InChI=1S/C26H30F2N8/c1-16(2)36-17(3)31-25-20(27)11-19(12-22(25)36)24-21(28)14-30-26(33-24)32-23-6-5-18(13-29-23)15-35-9-7-34(4)8-10-35/h5-6,11-14,16H,7-10,15H2,1-4H3,(H,29,30,32,33). The Balaban J connectivity index is 1.38. The van der Waals surface area contributed by atoms with Gasteiger partial charge in [0, 0.05) is 50.5 Å². The van der Waals surface area contributed by atoms with E-state index in [1.165, 1.54) is 6.07 Å². The van der Waals surface area contributed by atoms with Gasteiger partial charge in [0.25, 0.3) is 0 Å². The smallest absolute Gasteiger partial charge is 0.229 e. The number of rotatable bonds is 6. The van der Waals surface area contributed by atoms with Crippen molar-refractivity contribution < 1.29 is 8.78 Å². The van der Waals surface area contributed by atoms with Gasteiger partial charge in [0.1, 0.15) is 22.9 Å². The number of anilines is 2. The molecule has 0 radical (unpaired) electrons. The first-order valence-electron chi connectivity index (χ1n) is 12.1. The Bertz CT molecular complexity index is 1380. The lowest BCUT2D eigenvalue weighted by atomic mass is 10.1. The molecule has 0 atom stereocenters. The Labute approximate surface area is 209 Å². The van der Waals surface area contributed by atoms with Crippen molar-refractivity contribution in [3.05, 3.63) is 59.7 Å². The summed E-state index contributed by atoms with van der Waals surface area (Å²) >= 11 is 0. The van der Waals surface area contributed by atoms with Crippen molar-refractivity contribution in [3.8, 4) is 11.3 Å². The SMILES string of the molecule is Cc1nc2c(F)cc(-c3nc(Nc4ccc(CN5CCN(C)CC5)cn4)ncc3F)cc2n1C(C)C. The van der Waals surface area contributed by atoms with Gasteiger partial charge in [0.2, 0.25) is 5.95 Å². The van der Waals surface area contributed by atoms with Gasteiger partial charge in [-0.05, 0) is 51.6 Å². The second-order valence-electron chi connectivity index (χ2n) is 9.59. The summed E-state index contributed by atoms with van der Waals surface area (Å²) < 4.78 is 31.6. The Hall–Kier alpha value is -3.50. The van der Waals surface area contributed by atoms with Crippen molar-refractivity contribution in [2.75, 3.05) is 38.5 Å². The van der Waals surface area contributed by atoms with Crippen LogP contribution in [0.1, 0.15) is 31.3 Å². The third-order valence-corrected chi connectivity index (χ3v) is 6.53. The first-order chi connectivity index (χ1) is 17.3. The highest BCUT2D eigenvalue weighted by atomic mass is 19.1. The fourth-order valence-corrected chi connectivity index (χ4v) is 4.66. The molecule has 4 heterocycles. The van der Waals surface area contributed by atoms with E-state index in [2.05, 4.69) is 42.1 Å². The molecule has 1 aliphatic rings. The van der Waals surface area contributed by atoms with E-state index in [4.69, 9.17) is 0 Å². The summed E-state index contributed by atoms with van der Waals surface area (Å²) in [6.45, 7) is 10.9. The summed E-state index contributed by atoms with van der Waals surface area (Å²) in [5.74, 6) is 0.269. The number of aromatic nitrogens is 5. The number of piperazine rings is 1. The number of hydrogen-bond acceptors (Lipinski definition) is 7. The number of nitrogens with zero attached hydrogens (tertiary/aromatic N) is 7. The average Bonchev–Trinajstić information content (AvgIpc) is 3.19. The molecule has 10 heteroatoms. The highest BCUT2D eigenvalue weighted by molar-refractivity contribution is 5.83. The van der Waals surface area contributed by atoms with Crippen molar-refractivity contribution >= 4 is 22.8 Å². The predicted molar refractivity (Wildman–Crippen MR) is 136 cm³/mol. The summed E-state index contributed by atoms with van der Waals surface area (Å²) in [6.07, 6.45) is 2.91. The van der Waals surface area contributed by atoms with Crippen LogP contribution < -0.4 is 5.32 Å². The van der Waals surface area contributed by atoms with Gasteiger partial charge in [-0.3, -0.25) is 4.90 Å². The third kappa shape index (κ3) is 4.91. The van der Waals surface area contributed by atoms with E-state index in [-0.39, 0.29) is 23.2 Å². The molecular weight excluding hydrogens is 462 g/mol. The van der Waals surface area contributed by atoms with Crippen LogP contribution in [-0.4, -0.2) is 67.5 Å². The minimum Gasteiger partial charge on any atom is -0.326 e. The van der Waals surface area contributed by atoms with Gasteiger partial charge in [-0.15, -0.1) is 0 Å². The number of nitrogens with one attached hydrogen (secondary N) is 1.